The first-order valence-corrected chi connectivity index (χ1v) is 8.58. The summed E-state index contributed by atoms with van der Waals surface area (Å²) in [6.07, 6.45) is 9.45. The molecule has 7 heteroatoms. The van der Waals surface area contributed by atoms with E-state index in [9.17, 15) is 4.57 Å². The maximum Gasteiger partial charge on any atom is 0.477 e. The average Bonchev–Trinajstić information content (AvgIpc) is 2.79. The molecule has 0 fully saturated rings. The largest absolute Gasteiger partial charge is 0.477 e. The molecule has 0 N–H and O–H groups in total. The number of phosphoric ester groups is 1. The first-order chi connectivity index (χ1) is 9.56. The van der Waals surface area contributed by atoms with Crippen LogP contribution in [0.2, 0.25) is 0 Å². The highest BCUT2D eigenvalue weighted by Gasteiger charge is 2.34. The molecule has 0 aromatic carbocycles. The lowest BCUT2D eigenvalue weighted by atomic mass is 10.1. The third-order valence-corrected chi connectivity index (χ3v) is 4.66. The summed E-state index contributed by atoms with van der Waals surface area (Å²) < 4.78 is 27.2. The van der Waals surface area contributed by atoms with Crippen molar-refractivity contribution >= 4 is 7.82 Å². The van der Waals surface area contributed by atoms with Crippen LogP contribution >= 0.6 is 7.82 Å². The van der Waals surface area contributed by atoms with Crippen molar-refractivity contribution in [3.63, 3.8) is 0 Å². The summed E-state index contributed by atoms with van der Waals surface area (Å²) in [7, 11) is 1.03. The fraction of sp³-hybridized carbons (Fsp3) is 0.846. The lowest BCUT2D eigenvalue weighted by Gasteiger charge is -2.31. The predicted molar refractivity (Wildman–Crippen MR) is 78.9 cm³/mol. The SMILES string of the molecule is CCCCCCCN1C=CN(C)C1OP(=O)(OC)OC. The fourth-order valence-electron chi connectivity index (χ4n) is 2.07. The summed E-state index contributed by atoms with van der Waals surface area (Å²) >= 11 is 0. The quantitative estimate of drug-likeness (QED) is 0.455. The zero-order valence-corrected chi connectivity index (χ0v) is 13.8. The smallest absolute Gasteiger partial charge is 0.337 e. The first-order valence-electron chi connectivity index (χ1n) is 7.12. The topological polar surface area (TPSA) is 51.2 Å². The van der Waals surface area contributed by atoms with Crippen LogP contribution in [0.5, 0.6) is 0 Å². The van der Waals surface area contributed by atoms with Gasteiger partial charge in [0.1, 0.15) is 0 Å². The second-order valence-electron chi connectivity index (χ2n) is 4.86. The number of hydrogen-bond donors (Lipinski definition) is 0. The van der Waals surface area contributed by atoms with E-state index >= 15 is 0 Å². The van der Waals surface area contributed by atoms with E-state index in [1.165, 1.54) is 39.9 Å². The van der Waals surface area contributed by atoms with Crippen LogP contribution in [0.1, 0.15) is 39.0 Å². The van der Waals surface area contributed by atoms with Crippen molar-refractivity contribution < 1.29 is 18.1 Å². The van der Waals surface area contributed by atoms with Crippen molar-refractivity contribution in [2.75, 3.05) is 27.8 Å². The summed E-state index contributed by atoms with van der Waals surface area (Å²) in [5, 5.41) is 0. The van der Waals surface area contributed by atoms with Crippen molar-refractivity contribution in [1.82, 2.24) is 9.80 Å². The van der Waals surface area contributed by atoms with Gasteiger partial charge in [0.05, 0.1) is 0 Å². The van der Waals surface area contributed by atoms with Crippen LogP contribution in [-0.2, 0) is 18.1 Å². The predicted octanol–water partition coefficient (Wildman–Crippen LogP) is 3.38. The number of nitrogens with zero attached hydrogens (tertiary/aromatic N) is 2. The Balaban J connectivity index is 2.45. The van der Waals surface area contributed by atoms with E-state index in [0.29, 0.717) is 0 Å². The standard InChI is InChI=1S/C13H27N2O4P/c1-5-6-7-8-9-10-15-12-11-14(2)13(15)19-20(16,17-3)18-4/h11-13H,5-10H2,1-4H3. The van der Waals surface area contributed by atoms with Crippen LogP contribution in [0.25, 0.3) is 0 Å². The lowest BCUT2D eigenvalue weighted by molar-refractivity contribution is -0.0399. The normalized spacial score (nSPS) is 19.1. The Hall–Kier alpha value is -0.550. The number of unbranched alkanes of at least 4 members (excludes halogenated alkanes) is 4. The van der Waals surface area contributed by atoms with Crippen LogP contribution in [0.3, 0.4) is 0 Å². The monoisotopic (exact) mass is 306 g/mol. The van der Waals surface area contributed by atoms with Crippen molar-refractivity contribution in [2.45, 2.75) is 45.4 Å². The lowest BCUT2D eigenvalue weighted by Crippen LogP contribution is -2.38. The minimum Gasteiger partial charge on any atom is -0.337 e. The molecule has 0 amide bonds. The fourth-order valence-corrected chi connectivity index (χ4v) is 2.89. The van der Waals surface area contributed by atoms with Gasteiger partial charge in [-0.2, -0.15) is 0 Å². The molecule has 1 aliphatic rings. The van der Waals surface area contributed by atoms with Crippen LogP contribution in [-0.4, -0.2) is 44.0 Å². The van der Waals surface area contributed by atoms with Gasteiger partial charge in [0.2, 0.25) is 6.35 Å². The van der Waals surface area contributed by atoms with Crippen molar-refractivity contribution in [3.8, 4) is 0 Å². The van der Waals surface area contributed by atoms with Gasteiger partial charge < -0.3 is 9.80 Å². The van der Waals surface area contributed by atoms with Gasteiger partial charge in [-0.3, -0.25) is 9.05 Å². The molecular formula is C13H27N2O4P. The Morgan fingerprint density at radius 1 is 1.10 bits per heavy atom. The summed E-state index contributed by atoms with van der Waals surface area (Å²) in [5.74, 6) is 0. The zero-order valence-electron chi connectivity index (χ0n) is 12.9. The Labute approximate surface area is 122 Å². The second-order valence-corrected chi connectivity index (χ2v) is 6.70. The summed E-state index contributed by atoms with van der Waals surface area (Å²) in [4.78, 5) is 3.85. The summed E-state index contributed by atoms with van der Waals surface area (Å²) in [5.41, 5.74) is 0. The highest BCUT2D eigenvalue weighted by molar-refractivity contribution is 7.48. The second kappa shape index (κ2) is 8.67. The molecule has 0 spiro atoms. The maximum absolute atomic E-state index is 12.1. The van der Waals surface area contributed by atoms with Gasteiger partial charge in [-0.05, 0) is 6.42 Å². The Morgan fingerprint density at radius 3 is 2.35 bits per heavy atom. The van der Waals surface area contributed by atoms with Crippen molar-refractivity contribution in [2.24, 2.45) is 0 Å². The van der Waals surface area contributed by atoms with E-state index in [4.69, 9.17) is 13.6 Å². The summed E-state index contributed by atoms with van der Waals surface area (Å²) in [6.45, 7) is 3.07. The molecule has 0 aromatic heterocycles. The Morgan fingerprint density at radius 2 is 1.75 bits per heavy atom. The third kappa shape index (κ3) is 5.09. The highest BCUT2D eigenvalue weighted by atomic mass is 31.2. The van der Waals surface area contributed by atoms with Gasteiger partial charge in [0.25, 0.3) is 0 Å². The van der Waals surface area contributed by atoms with E-state index in [1.807, 2.05) is 29.2 Å². The summed E-state index contributed by atoms with van der Waals surface area (Å²) in [6, 6.07) is 0. The number of rotatable bonds is 10. The molecule has 0 aliphatic carbocycles. The molecule has 0 aromatic rings. The Bertz CT molecular complexity index is 343. The van der Waals surface area contributed by atoms with Crippen molar-refractivity contribution in [1.29, 1.82) is 0 Å². The van der Waals surface area contributed by atoms with Crippen LogP contribution < -0.4 is 0 Å². The highest BCUT2D eigenvalue weighted by Crippen LogP contribution is 2.49. The zero-order chi connectivity index (χ0) is 15.0. The van der Waals surface area contributed by atoms with E-state index in [2.05, 4.69) is 6.92 Å². The molecule has 20 heavy (non-hydrogen) atoms. The van der Waals surface area contributed by atoms with E-state index in [-0.39, 0.29) is 0 Å². The molecule has 1 rings (SSSR count). The number of hydrogen-bond acceptors (Lipinski definition) is 6. The molecule has 0 saturated carbocycles. The van der Waals surface area contributed by atoms with Gasteiger partial charge in [-0.1, -0.05) is 32.6 Å². The van der Waals surface area contributed by atoms with Crippen LogP contribution in [0.4, 0.5) is 0 Å². The number of phosphoric acid groups is 1. The van der Waals surface area contributed by atoms with E-state index in [1.54, 1.807) is 0 Å². The van der Waals surface area contributed by atoms with Gasteiger partial charge >= 0.3 is 7.82 Å². The molecule has 1 unspecified atom stereocenters. The molecule has 0 bridgehead atoms. The van der Waals surface area contributed by atoms with Crippen LogP contribution in [0.15, 0.2) is 12.4 Å². The van der Waals surface area contributed by atoms with E-state index in [0.717, 1.165) is 13.0 Å². The molecule has 1 aliphatic heterocycles. The molecule has 0 radical (unpaired) electrons. The van der Waals surface area contributed by atoms with Gasteiger partial charge in [0.15, 0.2) is 0 Å². The molecular weight excluding hydrogens is 279 g/mol. The first kappa shape index (κ1) is 17.5. The van der Waals surface area contributed by atoms with Gasteiger partial charge in [-0.15, -0.1) is 0 Å². The third-order valence-electron chi connectivity index (χ3n) is 3.32. The van der Waals surface area contributed by atoms with Crippen LogP contribution in [0, 0.1) is 0 Å². The molecule has 1 atom stereocenters. The maximum atomic E-state index is 12.1. The molecule has 0 saturated heterocycles. The minimum atomic E-state index is -3.48. The molecule has 1 heterocycles. The van der Waals surface area contributed by atoms with E-state index < -0.39 is 14.2 Å². The van der Waals surface area contributed by atoms with Gasteiger partial charge in [-0.25, -0.2) is 9.09 Å². The molecule has 118 valence electrons. The molecule has 6 nitrogen and oxygen atoms in total. The average molecular weight is 306 g/mol. The Kier molecular flexibility index (Phi) is 7.59. The van der Waals surface area contributed by atoms with Gasteiger partial charge in [0, 0.05) is 40.2 Å². The van der Waals surface area contributed by atoms with Crippen molar-refractivity contribution in [3.05, 3.63) is 12.4 Å². The minimum absolute atomic E-state index is 0.438.